The predicted molar refractivity (Wildman–Crippen MR) is 65.2 cm³/mol. The first kappa shape index (κ1) is 15.7. The molecule has 1 amide bonds. The zero-order chi connectivity index (χ0) is 15.6. The van der Waals surface area contributed by atoms with Gasteiger partial charge in [-0.1, -0.05) is 19.3 Å². The van der Waals surface area contributed by atoms with Gasteiger partial charge in [0.2, 0.25) is 5.82 Å². The molecule has 1 aromatic rings. The SMILES string of the molecule is O=C(c1c(F)c(F)c(F)c(F)c1F)N1CCCCCCC1. The second kappa shape index (κ2) is 6.41. The summed E-state index contributed by atoms with van der Waals surface area (Å²) in [6.45, 7) is 0.497. The van der Waals surface area contributed by atoms with Gasteiger partial charge in [0.15, 0.2) is 23.3 Å². The van der Waals surface area contributed by atoms with Gasteiger partial charge in [-0.3, -0.25) is 4.79 Å². The highest BCUT2D eigenvalue weighted by molar-refractivity contribution is 5.94. The zero-order valence-corrected chi connectivity index (χ0v) is 11.2. The van der Waals surface area contributed by atoms with E-state index in [1.54, 1.807) is 0 Å². The minimum absolute atomic E-state index is 0.248. The fraction of sp³-hybridized carbons (Fsp3) is 0.500. The Morgan fingerprint density at radius 2 is 1.05 bits per heavy atom. The number of amides is 1. The van der Waals surface area contributed by atoms with Gasteiger partial charge in [0.25, 0.3) is 5.91 Å². The van der Waals surface area contributed by atoms with Crippen LogP contribution in [0.1, 0.15) is 42.5 Å². The summed E-state index contributed by atoms with van der Waals surface area (Å²) in [5.41, 5.74) is -1.37. The fourth-order valence-electron chi connectivity index (χ4n) is 2.40. The second-order valence-corrected chi connectivity index (χ2v) is 5.00. The zero-order valence-electron chi connectivity index (χ0n) is 11.2. The molecule has 0 N–H and O–H groups in total. The van der Waals surface area contributed by atoms with Gasteiger partial charge < -0.3 is 4.90 Å². The number of nitrogens with zero attached hydrogens (tertiary/aromatic N) is 1. The molecule has 2 nitrogen and oxygen atoms in total. The molecular weight excluding hydrogens is 293 g/mol. The van der Waals surface area contributed by atoms with Crippen LogP contribution in [0.5, 0.6) is 0 Å². The molecule has 1 aromatic carbocycles. The van der Waals surface area contributed by atoms with Crippen molar-refractivity contribution in [3.8, 4) is 0 Å². The molecule has 0 unspecified atom stereocenters. The van der Waals surface area contributed by atoms with Crippen LogP contribution in [0, 0.1) is 29.1 Å². The quantitative estimate of drug-likeness (QED) is 0.439. The summed E-state index contributed by atoms with van der Waals surface area (Å²) in [6, 6.07) is 0. The molecular formula is C14H14F5NO. The Bertz CT molecular complexity index is 524. The normalized spacial score (nSPS) is 16.5. The number of halogens is 5. The fourth-order valence-corrected chi connectivity index (χ4v) is 2.40. The van der Waals surface area contributed by atoms with E-state index in [4.69, 9.17) is 0 Å². The summed E-state index contributed by atoms with van der Waals surface area (Å²) in [6.07, 6.45) is 4.01. The molecule has 21 heavy (non-hydrogen) atoms. The van der Waals surface area contributed by atoms with Crippen LogP contribution in [-0.2, 0) is 0 Å². The topological polar surface area (TPSA) is 20.3 Å². The molecule has 0 aromatic heterocycles. The van der Waals surface area contributed by atoms with E-state index < -0.39 is 40.6 Å². The van der Waals surface area contributed by atoms with Crippen molar-refractivity contribution in [2.24, 2.45) is 0 Å². The molecule has 0 atom stereocenters. The second-order valence-electron chi connectivity index (χ2n) is 5.00. The van der Waals surface area contributed by atoms with Crippen LogP contribution in [0.3, 0.4) is 0 Å². The third-order valence-electron chi connectivity index (χ3n) is 3.57. The molecule has 7 heteroatoms. The first-order valence-electron chi connectivity index (χ1n) is 6.76. The summed E-state index contributed by atoms with van der Waals surface area (Å²) in [5, 5.41) is 0. The van der Waals surface area contributed by atoms with Crippen molar-refractivity contribution >= 4 is 5.91 Å². The molecule has 0 aliphatic carbocycles. The van der Waals surface area contributed by atoms with E-state index in [0.717, 1.165) is 24.2 Å². The highest BCUT2D eigenvalue weighted by Crippen LogP contribution is 2.25. The Morgan fingerprint density at radius 1 is 0.667 bits per heavy atom. The van der Waals surface area contributed by atoms with Crippen molar-refractivity contribution in [2.75, 3.05) is 13.1 Å². The highest BCUT2D eigenvalue weighted by Gasteiger charge is 2.32. The van der Waals surface area contributed by atoms with Crippen LogP contribution >= 0.6 is 0 Å². The average molecular weight is 307 g/mol. The smallest absolute Gasteiger partial charge is 0.260 e. The lowest BCUT2D eigenvalue weighted by Gasteiger charge is -2.25. The molecule has 0 bridgehead atoms. The molecule has 0 saturated carbocycles. The number of carbonyl (C=O) groups is 1. The number of likely N-dealkylation sites (tertiary alicyclic amines) is 1. The van der Waals surface area contributed by atoms with Crippen LogP contribution in [0.15, 0.2) is 0 Å². The lowest BCUT2D eigenvalue weighted by atomic mass is 10.1. The van der Waals surface area contributed by atoms with E-state index in [1.165, 1.54) is 0 Å². The highest BCUT2D eigenvalue weighted by atomic mass is 19.2. The standard InChI is InChI=1S/C14H14F5NO/c15-9-8(10(16)12(18)13(19)11(9)17)14(21)20-6-4-2-1-3-5-7-20/h1-7H2. The molecule has 0 spiro atoms. The van der Waals surface area contributed by atoms with E-state index in [2.05, 4.69) is 0 Å². The maximum atomic E-state index is 13.6. The predicted octanol–water partition coefficient (Wildman–Crippen LogP) is 3.79. The monoisotopic (exact) mass is 307 g/mol. The van der Waals surface area contributed by atoms with Crippen LogP contribution in [0.25, 0.3) is 0 Å². The third-order valence-corrected chi connectivity index (χ3v) is 3.57. The van der Waals surface area contributed by atoms with E-state index >= 15 is 0 Å². The minimum Gasteiger partial charge on any atom is -0.338 e. The molecule has 1 heterocycles. The van der Waals surface area contributed by atoms with E-state index in [1.807, 2.05) is 0 Å². The maximum Gasteiger partial charge on any atom is 0.260 e. The molecule has 1 fully saturated rings. The summed E-state index contributed by atoms with van der Waals surface area (Å²) in [7, 11) is 0. The van der Waals surface area contributed by atoms with Gasteiger partial charge >= 0.3 is 0 Å². The molecule has 2 rings (SSSR count). The van der Waals surface area contributed by atoms with Crippen LogP contribution < -0.4 is 0 Å². The Hall–Kier alpha value is -1.66. The number of benzene rings is 1. The van der Waals surface area contributed by atoms with Crippen LogP contribution in [0.2, 0.25) is 0 Å². The van der Waals surface area contributed by atoms with Gasteiger partial charge in [-0.05, 0) is 12.8 Å². The molecule has 116 valence electrons. The van der Waals surface area contributed by atoms with Gasteiger partial charge in [0.1, 0.15) is 5.56 Å². The number of rotatable bonds is 1. The van der Waals surface area contributed by atoms with E-state index in [0.29, 0.717) is 12.8 Å². The summed E-state index contributed by atoms with van der Waals surface area (Å²) in [4.78, 5) is 13.3. The first-order valence-corrected chi connectivity index (χ1v) is 6.76. The summed E-state index contributed by atoms with van der Waals surface area (Å²) >= 11 is 0. The number of carbonyl (C=O) groups excluding carboxylic acids is 1. The Balaban J connectivity index is 2.38. The van der Waals surface area contributed by atoms with E-state index in [9.17, 15) is 26.7 Å². The molecule has 0 radical (unpaired) electrons. The number of hydrogen-bond donors (Lipinski definition) is 0. The maximum absolute atomic E-state index is 13.6. The minimum atomic E-state index is -2.26. The third kappa shape index (κ3) is 3.01. The molecule has 1 aliphatic heterocycles. The summed E-state index contributed by atoms with van der Waals surface area (Å²) in [5.74, 6) is -11.7. The van der Waals surface area contributed by atoms with Crippen molar-refractivity contribution in [1.29, 1.82) is 0 Å². The Kier molecular flexibility index (Phi) is 4.80. The largest absolute Gasteiger partial charge is 0.338 e. The van der Waals surface area contributed by atoms with Gasteiger partial charge in [-0.2, -0.15) is 0 Å². The van der Waals surface area contributed by atoms with Crippen molar-refractivity contribution < 1.29 is 26.7 Å². The first-order chi connectivity index (χ1) is 9.95. The Morgan fingerprint density at radius 3 is 1.52 bits per heavy atom. The molecule has 1 saturated heterocycles. The lowest BCUT2D eigenvalue weighted by molar-refractivity contribution is 0.0729. The van der Waals surface area contributed by atoms with Gasteiger partial charge in [-0.25, -0.2) is 22.0 Å². The van der Waals surface area contributed by atoms with Crippen molar-refractivity contribution in [2.45, 2.75) is 32.1 Å². The van der Waals surface area contributed by atoms with E-state index in [-0.39, 0.29) is 13.1 Å². The van der Waals surface area contributed by atoms with Crippen molar-refractivity contribution in [3.05, 3.63) is 34.6 Å². The van der Waals surface area contributed by atoms with Gasteiger partial charge in [-0.15, -0.1) is 0 Å². The molecule has 1 aliphatic rings. The van der Waals surface area contributed by atoms with Gasteiger partial charge in [0.05, 0.1) is 0 Å². The van der Waals surface area contributed by atoms with Gasteiger partial charge in [0, 0.05) is 13.1 Å². The number of hydrogen-bond acceptors (Lipinski definition) is 1. The average Bonchev–Trinajstić information content (AvgIpc) is 2.43. The van der Waals surface area contributed by atoms with Crippen molar-refractivity contribution in [1.82, 2.24) is 4.90 Å². The van der Waals surface area contributed by atoms with Crippen molar-refractivity contribution in [3.63, 3.8) is 0 Å². The lowest BCUT2D eigenvalue weighted by Crippen LogP contribution is -2.35. The van der Waals surface area contributed by atoms with Crippen LogP contribution in [-0.4, -0.2) is 23.9 Å². The summed E-state index contributed by atoms with van der Waals surface area (Å²) < 4.78 is 66.5. The van der Waals surface area contributed by atoms with Crippen LogP contribution in [0.4, 0.5) is 22.0 Å². The Labute approximate surface area is 118 Å².